The molecule has 9 heteroatoms. The number of rotatable bonds is 7. The van der Waals surface area contributed by atoms with Crippen LogP contribution in [0.1, 0.15) is 15.9 Å². The van der Waals surface area contributed by atoms with Crippen molar-refractivity contribution in [3.63, 3.8) is 0 Å². The summed E-state index contributed by atoms with van der Waals surface area (Å²) in [7, 11) is 1.55. The number of carbonyl (C=O) groups excluding carboxylic acids is 2. The first-order chi connectivity index (χ1) is 17.0. The normalized spacial score (nSPS) is 13.1. The number of methoxy groups -OCH3 is 1. The molecule has 1 heterocycles. The molecule has 0 aliphatic carbocycles. The van der Waals surface area contributed by atoms with E-state index in [4.69, 9.17) is 9.47 Å². The van der Waals surface area contributed by atoms with Gasteiger partial charge in [0.15, 0.2) is 0 Å². The van der Waals surface area contributed by atoms with Crippen molar-refractivity contribution in [3.8, 4) is 5.75 Å². The summed E-state index contributed by atoms with van der Waals surface area (Å²) < 4.78 is 24.1. The van der Waals surface area contributed by atoms with Gasteiger partial charge in [-0.25, -0.2) is 9.18 Å². The predicted molar refractivity (Wildman–Crippen MR) is 133 cm³/mol. The Morgan fingerprint density at radius 2 is 1.80 bits per heavy atom. The van der Waals surface area contributed by atoms with Crippen LogP contribution in [0.5, 0.6) is 5.75 Å². The van der Waals surface area contributed by atoms with Crippen LogP contribution in [0.3, 0.4) is 0 Å². The highest BCUT2D eigenvalue weighted by atomic mass is 19.1. The van der Waals surface area contributed by atoms with Crippen LogP contribution in [-0.4, -0.2) is 45.4 Å². The molecule has 8 nitrogen and oxygen atoms in total. The molecule has 182 valence electrons. The van der Waals surface area contributed by atoms with Gasteiger partial charge < -0.3 is 30.3 Å². The van der Waals surface area contributed by atoms with Crippen molar-refractivity contribution in [3.05, 3.63) is 83.7 Å². The molecule has 0 radical (unpaired) electrons. The topological polar surface area (TPSA) is 91.9 Å². The first kappa shape index (κ1) is 24.0. The molecule has 3 aromatic rings. The van der Waals surface area contributed by atoms with Crippen LogP contribution >= 0.6 is 0 Å². The number of ether oxygens (including phenoxy) is 2. The van der Waals surface area contributed by atoms with Gasteiger partial charge in [-0.15, -0.1) is 0 Å². The van der Waals surface area contributed by atoms with Crippen LogP contribution in [0.25, 0.3) is 0 Å². The summed E-state index contributed by atoms with van der Waals surface area (Å²) >= 11 is 0. The highest BCUT2D eigenvalue weighted by Gasteiger charge is 2.18. The van der Waals surface area contributed by atoms with E-state index in [1.54, 1.807) is 55.6 Å². The van der Waals surface area contributed by atoms with Gasteiger partial charge in [0.25, 0.3) is 5.91 Å². The number of anilines is 3. The Morgan fingerprint density at radius 1 is 1.00 bits per heavy atom. The lowest BCUT2D eigenvalue weighted by Crippen LogP contribution is -2.37. The summed E-state index contributed by atoms with van der Waals surface area (Å²) in [6, 6.07) is 17.8. The Balaban J connectivity index is 1.52. The number of morpholine rings is 1. The summed E-state index contributed by atoms with van der Waals surface area (Å²) in [6.45, 7) is 2.66. The first-order valence-electron chi connectivity index (χ1n) is 11.2. The van der Waals surface area contributed by atoms with Crippen molar-refractivity contribution in [2.24, 2.45) is 0 Å². The second-order valence-corrected chi connectivity index (χ2v) is 7.96. The van der Waals surface area contributed by atoms with Gasteiger partial charge in [0.05, 0.1) is 31.7 Å². The fraction of sp³-hybridized carbons (Fsp3) is 0.231. The molecule has 35 heavy (non-hydrogen) atoms. The van der Waals surface area contributed by atoms with Gasteiger partial charge in [-0.1, -0.05) is 18.2 Å². The molecule has 0 aromatic heterocycles. The fourth-order valence-electron chi connectivity index (χ4n) is 3.77. The highest BCUT2D eigenvalue weighted by molar-refractivity contribution is 6.04. The standard InChI is InChI=1S/C26H27FN4O4/c1-34-22-7-3-6-21(16-22)29-26(33)30-23-15-19(8-9-24(23)31-10-12-35-13-11-31)25(32)28-17-18-4-2-5-20(27)14-18/h2-9,14-16H,10-13,17H2,1H3,(H,28,32)(H2,29,30,33). The largest absolute Gasteiger partial charge is 0.497 e. The summed E-state index contributed by atoms with van der Waals surface area (Å²) in [5.41, 5.74) is 2.87. The molecule has 1 saturated heterocycles. The lowest BCUT2D eigenvalue weighted by molar-refractivity contribution is 0.0950. The molecular formula is C26H27FN4O4. The van der Waals surface area contributed by atoms with E-state index >= 15 is 0 Å². The number of halogens is 1. The van der Waals surface area contributed by atoms with E-state index < -0.39 is 6.03 Å². The number of carbonyl (C=O) groups is 2. The van der Waals surface area contributed by atoms with Crippen molar-refractivity contribution >= 4 is 29.0 Å². The molecule has 0 bridgehead atoms. The molecule has 0 atom stereocenters. The van der Waals surface area contributed by atoms with Crippen molar-refractivity contribution in [2.45, 2.75) is 6.54 Å². The number of benzene rings is 3. The molecule has 3 amide bonds. The minimum absolute atomic E-state index is 0.181. The number of nitrogens with one attached hydrogen (secondary N) is 3. The van der Waals surface area contributed by atoms with Crippen LogP contribution in [-0.2, 0) is 11.3 Å². The Kier molecular flexibility index (Phi) is 7.79. The van der Waals surface area contributed by atoms with Crippen LogP contribution in [0.4, 0.5) is 26.2 Å². The third kappa shape index (κ3) is 6.48. The number of nitrogens with zero attached hydrogens (tertiary/aromatic N) is 1. The second kappa shape index (κ2) is 11.3. The maximum Gasteiger partial charge on any atom is 0.323 e. The maximum atomic E-state index is 13.4. The van der Waals surface area contributed by atoms with Gasteiger partial charge >= 0.3 is 6.03 Å². The van der Waals surface area contributed by atoms with Crippen LogP contribution in [0.2, 0.25) is 0 Å². The minimum atomic E-state index is -0.454. The monoisotopic (exact) mass is 478 g/mol. The molecule has 3 N–H and O–H groups in total. The van der Waals surface area contributed by atoms with Crippen LogP contribution in [0.15, 0.2) is 66.7 Å². The van der Waals surface area contributed by atoms with E-state index in [2.05, 4.69) is 20.9 Å². The summed E-state index contributed by atoms with van der Waals surface area (Å²) in [6.07, 6.45) is 0. The lowest BCUT2D eigenvalue weighted by atomic mass is 10.1. The Morgan fingerprint density at radius 3 is 2.57 bits per heavy atom. The molecule has 3 aromatic carbocycles. The number of hydrogen-bond donors (Lipinski definition) is 3. The van der Waals surface area contributed by atoms with Gasteiger partial charge in [0, 0.05) is 37.0 Å². The van der Waals surface area contributed by atoms with Crippen LogP contribution < -0.4 is 25.6 Å². The first-order valence-corrected chi connectivity index (χ1v) is 11.2. The lowest BCUT2D eigenvalue weighted by Gasteiger charge is -2.30. The van der Waals surface area contributed by atoms with Gasteiger partial charge in [-0.3, -0.25) is 4.79 Å². The number of amides is 3. The van der Waals surface area contributed by atoms with Crippen molar-refractivity contribution in [2.75, 3.05) is 48.9 Å². The molecule has 1 fully saturated rings. The molecule has 0 saturated carbocycles. The second-order valence-electron chi connectivity index (χ2n) is 7.96. The SMILES string of the molecule is COc1cccc(NC(=O)Nc2cc(C(=O)NCc3cccc(F)c3)ccc2N2CCOCC2)c1. The van der Waals surface area contributed by atoms with E-state index in [1.807, 2.05) is 6.07 Å². The van der Waals surface area contributed by atoms with Gasteiger partial charge in [-0.05, 0) is 48.0 Å². The van der Waals surface area contributed by atoms with Crippen molar-refractivity contribution < 1.29 is 23.5 Å². The number of urea groups is 1. The summed E-state index contributed by atoms with van der Waals surface area (Å²) in [4.78, 5) is 27.7. The zero-order valence-electron chi connectivity index (χ0n) is 19.3. The predicted octanol–water partition coefficient (Wildman–Crippen LogP) is 4.24. The minimum Gasteiger partial charge on any atom is -0.497 e. The zero-order valence-corrected chi connectivity index (χ0v) is 19.3. The molecular weight excluding hydrogens is 451 g/mol. The summed E-state index contributed by atoms with van der Waals surface area (Å²) in [5, 5.41) is 8.45. The summed E-state index contributed by atoms with van der Waals surface area (Å²) in [5.74, 6) is -0.0760. The Hall–Kier alpha value is -4.11. The van der Waals surface area contributed by atoms with E-state index in [-0.39, 0.29) is 18.3 Å². The quantitative estimate of drug-likeness (QED) is 0.472. The van der Waals surface area contributed by atoms with E-state index in [0.717, 1.165) is 5.69 Å². The molecule has 1 aliphatic rings. The molecule has 0 spiro atoms. The highest BCUT2D eigenvalue weighted by Crippen LogP contribution is 2.29. The maximum absolute atomic E-state index is 13.4. The van der Waals surface area contributed by atoms with Crippen LogP contribution in [0, 0.1) is 5.82 Å². The number of hydrogen-bond acceptors (Lipinski definition) is 5. The van der Waals surface area contributed by atoms with Gasteiger partial charge in [0.2, 0.25) is 0 Å². The van der Waals surface area contributed by atoms with Gasteiger partial charge in [0.1, 0.15) is 11.6 Å². The van der Waals surface area contributed by atoms with E-state index in [0.29, 0.717) is 54.6 Å². The van der Waals surface area contributed by atoms with E-state index in [1.165, 1.54) is 12.1 Å². The fourth-order valence-corrected chi connectivity index (χ4v) is 3.77. The van der Waals surface area contributed by atoms with Crippen molar-refractivity contribution in [1.29, 1.82) is 0 Å². The average Bonchev–Trinajstić information content (AvgIpc) is 2.88. The average molecular weight is 479 g/mol. The zero-order chi connectivity index (χ0) is 24.6. The third-order valence-electron chi connectivity index (χ3n) is 5.53. The molecule has 4 rings (SSSR count). The smallest absolute Gasteiger partial charge is 0.323 e. The van der Waals surface area contributed by atoms with E-state index in [9.17, 15) is 14.0 Å². The van der Waals surface area contributed by atoms with Crippen molar-refractivity contribution in [1.82, 2.24) is 5.32 Å². The Labute approximate surface area is 203 Å². The van der Waals surface area contributed by atoms with Gasteiger partial charge in [-0.2, -0.15) is 0 Å². The molecule has 0 unspecified atom stereocenters. The Bertz CT molecular complexity index is 1200. The molecule has 1 aliphatic heterocycles. The third-order valence-corrected chi connectivity index (χ3v) is 5.53.